The molecule has 0 bridgehead atoms. The summed E-state index contributed by atoms with van der Waals surface area (Å²) >= 11 is 6.02. The standard InChI is InChI=1S/C15H16ClN3O/c16-12-5-1-3-10(7-12)13-18-14(20-19-13)15-6-2-4-11(15)8-17-9-15/h1,3,5,7,11,17H,2,4,6,8-9H2/t11-,15-/m1/s1. The van der Waals surface area contributed by atoms with Crippen molar-refractivity contribution in [2.24, 2.45) is 5.92 Å². The quantitative estimate of drug-likeness (QED) is 0.923. The summed E-state index contributed by atoms with van der Waals surface area (Å²) in [7, 11) is 0. The van der Waals surface area contributed by atoms with Gasteiger partial charge < -0.3 is 9.84 Å². The van der Waals surface area contributed by atoms with Crippen LogP contribution in [-0.2, 0) is 5.41 Å². The molecule has 104 valence electrons. The molecular formula is C15H16ClN3O. The summed E-state index contributed by atoms with van der Waals surface area (Å²) in [5.74, 6) is 2.06. The number of hydrogen-bond acceptors (Lipinski definition) is 4. The molecule has 1 aromatic carbocycles. The number of benzene rings is 1. The van der Waals surface area contributed by atoms with Gasteiger partial charge in [0, 0.05) is 17.1 Å². The molecule has 2 fully saturated rings. The Hall–Kier alpha value is -1.39. The lowest BCUT2D eigenvalue weighted by molar-refractivity contribution is 0.265. The van der Waals surface area contributed by atoms with Crippen LogP contribution in [0.1, 0.15) is 25.2 Å². The molecule has 1 saturated heterocycles. The lowest BCUT2D eigenvalue weighted by Gasteiger charge is -2.22. The van der Waals surface area contributed by atoms with Crippen LogP contribution in [-0.4, -0.2) is 23.2 Å². The van der Waals surface area contributed by atoms with Crippen LogP contribution in [0.3, 0.4) is 0 Å². The van der Waals surface area contributed by atoms with Crippen LogP contribution >= 0.6 is 11.6 Å². The van der Waals surface area contributed by atoms with Crippen LogP contribution < -0.4 is 5.32 Å². The van der Waals surface area contributed by atoms with Gasteiger partial charge >= 0.3 is 0 Å². The summed E-state index contributed by atoms with van der Waals surface area (Å²) in [6.07, 6.45) is 3.64. The maximum Gasteiger partial charge on any atom is 0.234 e. The fraction of sp³-hybridized carbons (Fsp3) is 0.467. The zero-order chi connectivity index (χ0) is 13.6. The minimum Gasteiger partial charge on any atom is -0.338 e. The highest BCUT2D eigenvalue weighted by atomic mass is 35.5. The van der Waals surface area contributed by atoms with Crippen LogP contribution in [0.4, 0.5) is 0 Å². The number of hydrogen-bond donors (Lipinski definition) is 1. The van der Waals surface area contributed by atoms with Crippen LogP contribution in [0.5, 0.6) is 0 Å². The first-order valence-corrected chi connectivity index (χ1v) is 7.47. The summed E-state index contributed by atoms with van der Waals surface area (Å²) in [5.41, 5.74) is 0.966. The van der Waals surface area contributed by atoms with Gasteiger partial charge in [-0.1, -0.05) is 35.3 Å². The average Bonchev–Trinajstić information content (AvgIpc) is 3.13. The zero-order valence-corrected chi connectivity index (χ0v) is 11.9. The topological polar surface area (TPSA) is 51.0 Å². The van der Waals surface area contributed by atoms with E-state index < -0.39 is 0 Å². The minimum atomic E-state index is 0.0594. The molecule has 0 spiro atoms. The van der Waals surface area contributed by atoms with E-state index in [1.54, 1.807) is 0 Å². The number of nitrogens with one attached hydrogen (secondary N) is 1. The second-order valence-electron chi connectivity index (χ2n) is 5.81. The predicted octanol–water partition coefficient (Wildman–Crippen LogP) is 3.03. The first kappa shape index (κ1) is 12.4. The van der Waals surface area contributed by atoms with Crippen LogP contribution in [0.2, 0.25) is 5.02 Å². The number of halogens is 1. The Bertz CT molecular complexity index is 630. The van der Waals surface area contributed by atoms with Crippen molar-refractivity contribution in [2.45, 2.75) is 24.7 Å². The van der Waals surface area contributed by atoms with Crippen LogP contribution in [0.15, 0.2) is 28.8 Å². The van der Waals surface area contributed by atoms with Crippen molar-refractivity contribution in [3.63, 3.8) is 0 Å². The highest BCUT2D eigenvalue weighted by Gasteiger charge is 2.51. The van der Waals surface area contributed by atoms with Gasteiger partial charge in [0.05, 0.1) is 5.41 Å². The van der Waals surface area contributed by atoms with E-state index >= 15 is 0 Å². The molecule has 2 atom stereocenters. The lowest BCUT2D eigenvalue weighted by Crippen LogP contribution is -2.31. The molecule has 20 heavy (non-hydrogen) atoms. The second-order valence-corrected chi connectivity index (χ2v) is 6.25. The van der Waals surface area contributed by atoms with Crippen LogP contribution in [0, 0.1) is 5.92 Å². The summed E-state index contributed by atoms with van der Waals surface area (Å²) in [4.78, 5) is 4.66. The highest BCUT2D eigenvalue weighted by molar-refractivity contribution is 6.30. The number of nitrogens with zero attached hydrogens (tertiary/aromatic N) is 2. The van der Waals surface area contributed by atoms with E-state index in [9.17, 15) is 0 Å². The Kier molecular flexibility index (Phi) is 2.82. The van der Waals surface area contributed by atoms with E-state index in [-0.39, 0.29) is 5.41 Å². The molecule has 5 heteroatoms. The van der Waals surface area contributed by atoms with Crippen molar-refractivity contribution >= 4 is 11.6 Å². The van der Waals surface area contributed by atoms with Gasteiger partial charge in [-0.25, -0.2) is 0 Å². The molecule has 1 aliphatic heterocycles. The van der Waals surface area contributed by atoms with Gasteiger partial charge in [-0.05, 0) is 37.4 Å². The highest BCUT2D eigenvalue weighted by Crippen LogP contribution is 2.47. The molecule has 2 aromatic rings. The number of aromatic nitrogens is 2. The first-order valence-electron chi connectivity index (χ1n) is 7.09. The van der Waals surface area contributed by atoms with E-state index in [1.807, 2.05) is 24.3 Å². The minimum absolute atomic E-state index is 0.0594. The number of fused-ring (bicyclic) bond motifs is 1. The molecule has 2 aliphatic rings. The van der Waals surface area contributed by atoms with Crippen LogP contribution in [0.25, 0.3) is 11.4 Å². The number of rotatable bonds is 2. The Morgan fingerprint density at radius 2 is 2.35 bits per heavy atom. The summed E-state index contributed by atoms with van der Waals surface area (Å²) < 4.78 is 5.60. The normalized spacial score (nSPS) is 28.8. The fourth-order valence-corrected chi connectivity index (χ4v) is 3.86. The van der Waals surface area contributed by atoms with E-state index in [0.717, 1.165) is 31.0 Å². The van der Waals surface area contributed by atoms with Crippen molar-refractivity contribution in [2.75, 3.05) is 13.1 Å². The van der Waals surface area contributed by atoms with Gasteiger partial charge in [0.2, 0.25) is 11.7 Å². The average molecular weight is 290 g/mol. The lowest BCUT2D eigenvalue weighted by atomic mass is 9.80. The van der Waals surface area contributed by atoms with Crippen molar-refractivity contribution in [3.8, 4) is 11.4 Å². The monoisotopic (exact) mass is 289 g/mol. The maximum absolute atomic E-state index is 6.02. The molecule has 1 aliphatic carbocycles. The van der Waals surface area contributed by atoms with E-state index in [1.165, 1.54) is 12.8 Å². The second kappa shape index (κ2) is 4.57. The molecule has 1 N–H and O–H groups in total. The molecule has 4 nitrogen and oxygen atoms in total. The molecule has 1 aromatic heterocycles. The van der Waals surface area contributed by atoms with Gasteiger partial charge in [-0.3, -0.25) is 0 Å². The Balaban J connectivity index is 1.72. The first-order chi connectivity index (χ1) is 9.78. The van der Waals surface area contributed by atoms with Gasteiger partial charge in [0.25, 0.3) is 0 Å². The molecular weight excluding hydrogens is 274 g/mol. The van der Waals surface area contributed by atoms with Gasteiger partial charge in [-0.15, -0.1) is 0 Å². The molecule has 0 radical (unpaired) electrons. The van der Waals surface area contributed by atoms with Crippen molar-refractivity contribution in [1.29, 1.82) is 0 Å². The third-order valence-corrected chi connectivity index (χ3v) is 4.96. The van der Waals surface area contributed by atoms with Crippen molar-refractivity contribution < 1.29 is 4.52 Å². The van der Waals surface area contributed by atoms with Crippen molar-refractivity contribution in [3.05, 3.63) is 35.2 Å². The third kappa shape index (κ3) is 1.79. The Labute approximate surface area is 122 Å². The molecule has 4 rings (SSSR count). The fourth-order valence-electron chi connectivity index (χ4n) is 3.67. The SMILES string of the molecule is Clc1cccc(-c2noc([C@@]34CCC[C@@H]3CNC4)n2)c1. The van der Waals surface area contributed by atoms with E-state index in [0.29, 0.717) is 16.8 Å². The predicted molar refractivity (Wildman–Crippen MR) is 76.6 cm³/mol. The Morgan fingerprint density at radius 1 is 1.40 bits per heavy atom. The summed E-state index contributed by atoms with van der Waals surface area (Å²) in [6, 6.07) is 7.57. The van der Waals surface area contributed by atoms with E-state index in [2.05, 4.69) is 15.5 Å². The van der Waals surface area contributed by atoms with Gasteiger partial charge in [-0.2, -0.15) is 4.98 Å². The van der Waals surface area contributed by atoms with Gasteiger partial charge in [0.1, 0.15) is 0 Å². The zero-order valence-electron chi connectivity index (χ0n) is 11.1. The summed E-state index contributed by atoms with van der Waals surface area (Å²) in [5, 5.41) is 8.32. The van der Waals surface area contributed by atoms with Crippen molar-refractivity contribution in [1.82, 2.24) is 15.5 Å². The molecule has 0 unspecified atom stereocenters. The smallest absolute Gasteiger partial charge is 0.234 e. The largest absolute Gasteiger partial charge is 0.338 e. The maximum atomic E-state index is 6.02. The van der Waals surface area contributed by atoms with E-state index in [4.69, 9.17) is 16.1 Å². The third-order valence-electron chi connectivity index (χ3n) is 4.72. The van der Waals surface area contributed by atoms with Gasteiger partial charge in [0.15, 0.2) is 0 Å². The molecule has 2 heterocycles. The molecule has 0 amide bonds. The summed E-state index contributed by atoms with van der Waals surface area (Å²) in [6.45, 7) is 2.02. The Morgan fingerprint density at radius 3 is 3.25 bits per heavy atom. The molecule has 1 saturated carbocycles.